The maximum Gasteiger partial charge on any atom is 0.387 e. The van der Waals surface area contributed by atoms with Crippen LogP contribution in [0.4, 0.5) is 8.78 Å². The van der Waals surface area contributed by atoms with E-state index in [1.165, 1.54) is 17.4 Å². The average molecular weight is 298 g/mol. The first kappa shape index (κ1) is 14.9. The molecule has 0 saturated heterocycles. The number of aromatic nitrogens is 1. The van der Waals surface area contributed by atoms with Crippen LogP contribution < -0.4 is 10.1 Å². The Balaban J connectivity index is 2.19. The van der Waals surface area contributed by atoms with Crippen molar-refractivity contribution in [3.63, 3.8) is 0 Å². The van der Waals surface area contributed by atoms with Gasteiger partial charge in [0.2, 0.25) is 0 Å². The van der Waals surface area contributed by atoms with Crippen LogP contribution in [-0.2, 0) is 6.54 Å². The van der Waals surface area contributed by atoms with Crippen LogP contribution in [0.15, 0.2) is 30.5 Å². The fourth-order valence-corrected chi connectivity index (χ4v) is 2.55. The Morgan fingerprint density at radius 2 is 2.05 bits per heavy atom. The Morgan fingerprint density at radius 1 is 1.30 bits per heavy atom. The molecule has 0 spiro atoms. The summed E-state index contributed by atoms with van der Waals surface area (Å²) in [5, 5.41) is 3.97. The molecule has 0 aliphatic carbocycles. The fourth-order valence-electron chi connectivity index (χ4n) is 1.66. The third kappa shape index (κ3) is 3.98. The molecule has 0 atom stereocenters. The first-order valence-electron chi connectivity index (χ1n) is 6.28. The summed E-state index contributed by atoms with van der Waals surface area (Å²) in [4.78, 5) is 5.34. The molecule has 0 amide bonds. The molecule has 108 valence electrons. The van der Waals surface area contributed by atoms with E-state index >= 15 is 0 Å². The highest BCUT2D eigenvalue weighted by Crippen LogP contribution is 2.33. The highest BCUT2D eigenvalue weighted by Gasteiger charge is 2.13. The molecule has 3 nitrogen and oxygen atoms in total. The van der Waals surface area contributed by atoms with Gasteiger partial charge in [-0.1, -0.05) is 26.0 Å². The van der Waals surface area contributed by atoms with Gasteiger partial charge in [0.15, 0.2) is 0 Å². The summed E-state index contributed by atoms with van der Waals surface area (Å²) < 4.78 is 29.3. The van der Waals surface area contributed by atoms with Crippen LogP contribution in [0, 0.1) is 0 Å². The van der Waals surface area contributed by atoms with Gasteiger partial charge < -0.3 is 10.1 Å². The zero-order valence-electron chi connectivity index (χ0n) is 11.3. The third-order valence-electron chi connectivity index (χ3n) is 2.57. The number of rotatable bonds is 6. The second-order valence-electron chi connectivity index (χ2n) is 4.54. The maximum absolute atomic E-state index is 12.4. The van der Waals surface area contributed by atoms with Gasteiger partial charge in [0.05, 0.1) is 5.56 Å². The van der Waals surface area contributed by atoms with Gasteiger partial charge >= 0.3 is 6.61 Å². The fraction of sp³-hybridized carbons (Fsp3) is 0.357. The van der Waals surface area contributed by atoms with Crippen LogP contribution in [0.3, 0.4) is 0 Å². The second-order valence-corrected chi connectivity index (χ2v) is 5.66. The van der Waals surface area contributed by atoms with Crippen molar-refractivity contribution in [2.75, 3.05) is 0 Å². The molecule has 20 heavy (non-hydrogen) atoms. The lowest BCUT2D eigenvalue weighted by molar-refractivity contribution is -0.0494. The quantitative estimate of drug-likeness (QED) is 0.878. The van der Waals surface area contributed by atoms with Crippen LogP contribution >= 0.6 is 11.3 Å². The minimum absolute atomic E-state index is 0.153. The Labute approximate surface area is 120 Å². The van der Waals surface area contributed by atoms with Crippen LogP contribution in [0.1, 0.15) is 18.7 Å². The van der Waals surface area contributed by atoms with Crippen LogP contribution in [0.5, 0.6) is 5.75 Å². The number of hydrogen-bond donors (Lipinski definition) is 1. The van der Waals surface area contributed by atoms with Gasteiger partial charge in [-0.2, -0.15) is 8.78 Å². The Bertz CT molecular complexity index is 558. The zero-order valence-corrected chi connectivity index (χ0v) is 12.1. The highest BCUT2D eigenvalue weighted by atomic mass is 32.1. The van der Waals surface area contributed by atoms with Gasteiger partial charge in [-0.15, -0.1) is 11.3 Å². The van der Waals surface area contributed by atoms with E-state index in [0.29, 0.717) is 23.2 Å². The number of nitrogens with one attached hydrogen (secondary N) is 1. The van der Waals surface area contributed by atoms with E-state index in [4.69, 9.17) is 0 Å². The molecule has 0 unspecified atom stereocenters. The minimum Gasteiger partial charge on any atom is -0.434 e. The lowest BCUT2D eigenvalue weighted by Gasteiger charge is -2.08. The molecule has 6 heteroatoms. The van der Waals surface area contributed by atoms with Crippen molar-refractivity contribution in [3.8, 4) is 16.3 Å². The molecule has 0 saturated carbocycles. The van der Waals surface area contributed by atoms with Gasteiger partial charge in [0, 0.05) is 23.7 Å². The predicted molar refractivity (Wildman–Crippen MR) is 76.2 cm³/mol. The number of halogens is 2. The topological polar surface area (TPSA) is 34.2 Å². The van der Waals surface area contributed by atoms with E-state index in [-0.39, 0.29) is 5.75 Å². The summed E-state index contributed by atoms with van der Waals surface area (Å²) in [6.45, 7) is 2.01. The molecule has 0 fully saturated rings. The molecule has 1 heterocycles. The molecule has 0 bridgehead atoms. The zero-order chi connectivity index (χ0) is 14.5. The van der Waals surface area contributed by atoms with Crippen LogP contribution in [-0.4, -0.2) is 17.6 Å². The second kappa shape index (κ2) is 6.76. The van der Waals surface area contributed by atoms with E-state index in [9.17, 15) is 8.78 Å². The normalized spacial score (nSPS) is 11.3. The number of benzene rings is 1. The Kier molecular flexibility index (Phi) is 5.03. The predicted octanol–water partition coefficient (Wildman–Crippen LogP) is 3.91. The van der Waals surface area contributed by atoms with Crippen molar-refractivity contribution in [1.82, 2.24) is 10.3 Å². The molecule has 1 N–H and O–H groups in total. The van der Waals surface area contributed by atoms with Crippen molar-refractivity contribution < 1.29 is 13.5 Å². The van der Waals surface area contributed by atoms with Crippen molar-refractivity contribution in [3.05, 3.63) is 35.3 Å². The lowest BCUT2D eigenvalue weighted by Crippen LogP contribution is -2.21. The van der Waals surface area contributed by atoms with E-state index in [0.717, 1.165) is 4.88 Å². The molecular weight excluding hydrogens is 282 g/mol. The minimum atomic E-state index is -2.84. The smallest absolute Gasteiger partial charge is 0.387 e. The number of para-hydroxylation sites is 1. The average Bonchev–Trinajstić information content (AvgIpc) is 2.85. The molecule has 0 radical (unpaired) electrons. The van der Waals surface area contributed by atoms with Gasteiger partial charge in [-0.25, -0.2) is 4.98 Å². The van der Waals surface area contributed by atoms with Crippen molar-refractivity contribution in [2.45, 2.75) is 33.0 Å². The van der Waals surface area contributed by atoms with Crippen molar-refractivity contribution in [1.29, 1.82) is 0 Å². The number of ether oxygens (including phenoxy) is 1. The molecule has 2 aromatic rings. The van der Waals surface area contributed by atoms with Crippen LogP contribution in [0.25, 0.3) is 10.6 Å². The van der Waals surface area contributed by atoms with Gasteiger partial charge in [0.25, 0.3) is 0 Å². The summed E-state index contributed by atoms with van der Waals surface area (Å²) in [5.74, 6) is 0.153. The standard InChI is InChI=1S/C14H16F2N2OS/c1-9(2)17-7-10-8-18-13(20-10)11-5-3-4-6-12(11)19-14(15)16/h3-6,8-9,14,17H,7H2,1-2H3. The third-order valence-corrected chi connectivity index (χ3v) is 3.60. The molecule has 0 aliphatic rings. The molecule has 0 aliphatic heterocycles. The summed E-state index contributed by atoms with van der Waals surface area (Å²) >= 11 is 1.47. The highest BCUT2D eigenvalue weighted by molar-refractivity contribution is 7.15. The number of nitrogens with zero attached hydrogens (tertiary/aromatic N) is 1. The molecule has 1 aromatic carbocycles. The first-order chi connectivity index (χ1) is 9.56. The van der Waals surface area contributed by atoms with Crippen LogP contribution in [0.2, 0.25) is 0 Å². The van der Waals surface area contributed by atoms with E-state index in [1.807, 2.05) is 0 Å². The van der Waals surface area contributed by atoms with Gasteiger partial charge in [-0.05, 0) is 12.1 Å². The van der Waals surface area contributed by atoms with E-state index < -0.39 is 6.61 Å². The SMILES string of the molecule is CC(C)NCc1cnc(-c2ccccc2OC(F)F)s1. The van der Waals surface area contributed by atoms with E-state index in [1.54, 1.807) is 24.4 Å². The van der Waals surface area contributed by atoms with Crippen molar-refractivity contribution >= 4 is 11.3 Å². The van der Waals surface area contributed by atoms with E-state index in [2.05, 4.69) is 28.9 Å². The largest absolute Gasteiger partial charge is 0.434 e. The number of thiazole rings is 1. The summed E-state index contributed by atoms with van der Waals surface area (Å²) in [5.41, 5.74) is 0.591. The molecule has 2 rings (SSSR count). The lowest BCUT2D eigenvalue weighted by atomic mass is 10.2. The molecule has 1 aromatic heterocycles. The number of alkyl halides is 2. The maximum atomic E-state index is 12.4. The van der Waals surface area contributed by atoms with Gasteiger partial charge in [0.1, 0.15) is 10.8 Å². The molecular formula is C14H16F2N2OS. The first-order valence-corrected chi connectivity index (χ1v) is 7.10. The summed E-state index contributed by atoms with van der Waals surface area (Å²) in [6, 6.07) is 7.08. The monoisotopic (exact) mass is 298 g/mol. The summed E-state index contributed by atoms with van der Waals surface area (Å²) in [7, 11) is 0. The number of hydrogen-bond acceptors (Lipinski definition) is 4. The summed E-state index contributed by atoms with van der Waals surface area (Å²) in [6.07, 6.45) is 1.76. The van der Waals surface area contributed by atoms with Gasteiger partial charge in [-0.3, -0.25) is 0 Å². The Morgan fingerprint density at radius 3 is 2.75 bits per heavy atom. The Hall–Kier alpha value is -1.53. The van der Waals surface area contributed by atoms with Crippen molar-refractivity contribution in [2.24, 2.45) is 0 Å².